The zero-order chi connectivity index (χ0) is 18.2. The second-order valence-corrected chi connectivity index (χ2v) is 8.05. The van der Waals surface area contributed by atoms with Gasteiger partial charge in [0.1, 0.15) is 5.82 Å². The van der Waals surface area contributed by atoms with Crippen LogP contribution >= 0.6 is 15.9 Å². The van der Waals surface area contributed by atoms with Gasteiger partial charge in [0.2, 0.25) is 0 Å². The number of urea groups is 1. The van der Waals surface area contributed by atoms with E-state index in [0.29, 0.717) is 21.2 Å². The topological polar surface area (TPSA) is 93.1 Å². The molecular formula is C16H15BrN4O3S. The highest BCUT2D eigenvalue weighted by atomic mass is 79.9. The summed E-state index contributed by atoms with van der Waals surface area (Å²) >= 11 is 3.37. The maximum absolute atomic E-state index is 12.9. The summed E-state index contributed by atoms with van der Waals surface area (Å²) in [4.78, 5) is 15.7. The van der Waals surface area contributed by atoms with Crippen molar-refractivity contribution in [3.8, 4) is 0 Å². The van der Waals surface area contributed by atoms with Crippen molar-refractivity contribution < 1.29 is 13.2 Å². The second kappa shape index (κ2) is 6.49. The Morgan fingerprint density at radius 2 is 1.92 bits per heavy atom. The number of amides is 2. The van der Waals surface area contributed by atoms with Gasteiger partial charge in [-0.1, -0.05) is 17.7 Å². The number of aryl methyl sites for hydroxylation is 1. The minimum absolute atomic E-state index is 0.190. The molecule has 1 aromatic carbocycles. The summed E-state index contributed by atoms with van der Waals surface area (Å²) in [5.74, 6) is 0.318. The maximum atomic E-state index is 12.9. The third-order valence-corrected chi connectivity index (χ3v) is 5.97. The molecule has 9 heteroatoms. The minimum atomic E-state index is -3.76. The standard InChI is InChI=1S/C16H15BrN4O3S/c1-10-3-5-11(6-4-10)25(23,24)21-9-13(17)12-7-15(19-8-14(12)21)20-16(22)18-2/h3-9H,1-2H3,(H2,18,19,20,22). The van der Waals surface area contributed by atoms with Crippen LogP contribution in [0, 0.1) is 6.92 Å². The lowest BCUT2D eigenvalue weighted by Crippen LogP contribution is -2.24. The summed E-state index contributed by atoms with van der Waals surface area (Å²) in [6.07, 6.45) is 2.89. The number of aromatic nitrogens is 2. The van der Waals surface area contributed by atoms with Gasteiger partial charge in [0.05, 0.1) is 16.6 Å². The predicted molar refractivity (Wildman–Crippen MR) is 99.3 cm³/mol. The SMILES string of the molecule is CNC(=O)Nc1cc2c(Br)cn(S(=O)(=O)c3ccc(C)cc3)c2cn1. The van der Waals surface area contributed by atoms with Crippen LogP contribution in [-0.4, -0.2) is 30.5 Å². The van der Waals surface area contributed by atoms with E-state index in [-0.39, 0.29) is 4.90 Å². The van der Waals surface area contributed by atoms with E-state index in [1.165, 1.54) is 23.4 Å². The van der Waals surface area contributed by atoms with Crippen LogP contribution in [0.1, 0.15) is 5.56 Å². The highest BCUT2D eigenvalue weighted by Gasteiger charge is 2.21. The third-order valence-electron chi connectivity index (χ3n) is 3.65. The van der Waals surface area contributed by atoms with E-state index in [1.807, 2.05) is 6.92 Å². The number of carbonyl (C=O) groups excluding carboxylic acids is 1. The molecule has 0 saturated carbocycles. The van der Waals surface area contributed by atoms with Crippen LogP contribution in [0.3, 0.4) is 0 Å². The average Bonchev–Trinajstić information content (AvgIpc) is 2.92. The number of benzene rings is 1. The molecule has 25 heavy (non-hydrogen) atoms. The molecule has 0 fully saturated rings. The van der Waals surface area contributed by atoms with Gasteiger partial charge in [0, 0.05) is 23.1 Å². The molecule has 0 aliphatic heterocycles. The molecule has 2 N–H and O–H groups in total. The fourth-order valence-corrected chi connectivity index (χ4v) is 4.34. The van der Waals surface area contributed by atoms with E-state index in [2.05, 4.69) is 31.5 Å². The summed E-state index contributed by atoms with van der Waals surface area (Å²) in [6.45, 7) is 1.89. The van der Waals surface area contributed by atoms with E-state index in [1.54, 1.807) is 30.3 Å². The monoisotopic (exact) mass is 422 g/mol. The predicted octanol–water partition coefficient (Wildman–Crippen LogP) is 3.10. The molecule has 0 saturated heterocycles. The summed E-state index contributed by atoms with van der Waals surface area (Å²) < 4.78 is 27.6. The van der Waals surface area contributed by atoms with Crippen LogP contribution in [0.15, 0.2) is 52.1 Å². The number of rotatable bonds is 3. The molecule has 0 spiro atoms. The zero-order valence-corrected chi connectivity index (χ0v) is 15.8. The summed E-state index contributed by atoms with van der Waals surface area (Å²) in [7, 11) is -2.26. The van der Waals surface area contributed by atoms with Crippen LogP contribution in [-0.2, 0) is 10.0 Å². The molecule has 7 nitrogen and oxygen atoms in total. The highest BCUT2D eigenvalue weighted by Crippen LogP contribution is 2.30. The van der Waals surface area contributed by atoms with Crippen LogP contribution in [0.25, 0.3) is 10.9 Å². The van der Waals surface area contributed by atoms with Crippen molar-refractivity contribution in [3.63, 3.8) is 0 Å². The van der Waals surface area contributed by atoms with Gasteiger partial charge in [0.25, 0.3) is 10.0 Å². The lowest BCUT2D eigenvalue weighted by Gasteiger charge is -2.08. The third kappa shape index (κ3) is 3.24. The first-order valence-corrected chi connectivity index (χ1v) is 9.54. The first-order chi connectivity index (χ1) is 11.8. The van der Waals surface area contributed by atoms with Gasteiger partial charge in [-0.3, -0.25) is 5.32 Å². The average molecular weight is 423 g/mol. The minimum Gasteiger partial charge on any atom is -0.341 e. The number of halogens is 1. The van der Waals surface area contributed by atoms with E-state index >= 15 is 0 Å². The van der Waals surface area contributed by atoms with Crippen molar-refractivity contribution in [1.29, 1.82) is 0 Å². The first kappa shape index (κ1) is 17.4. The number of hydrogen-bond donors (Lipinski definition) is 2. The van der Waals surface area contributed by atoms with Crippen LogP contribution < -0.4 is 10.6 Å². The van der Waals surface area contributed by atoms with Gasteiger partial charge >= 0.3 is 6.03 Å². The van der Waals surface area contributed by atoms with Crippen LogP contribution in [0.5, 0.6) is 0 Å². The Labute approximate surface area is 153 Å². The van der Waals surface area contributed by atoms with Gasteiger partial charge < -0.3 is 5.32 Å². The molecule has 2 amide bonds. The second-order valence-electron chi connectivity index (χ2n) is 5.38. The number of carbonyl (C=O) groups is 1. The molecule has 2 heterocycles. The molecular weight excluding hydrogens is 408 g/mol. The lowest BCUT2D eigenvalue weighted by molar-refractivity contribution is 0.254. The van der Waals surface area contributed by atoms with E-state index in [4.69, 9.17) is 0 Å². The molecule has 0 bridgehead atoms. The van der Waals surface area contributed by atoms with E-state index < -0.39 is 16.1 Å². The van der Waals surface area contributed by atoms with Crippen molar-refractivity contribution in [1.82, 2.24) is 14.3 Å². The molecule has 0 aliphatic rings. The van der Waals surface area contributed by atoms with Crippen LogP contribution in [0.2, 0.25) is 0 Å². The summed E-state index contributed by atoms with van der Waals surface area (Å²) in [5.41, 5.74) is 1.39. The van der Waals surface area contributed by atoms with E-state index in [0.717, 1.165) is 5.56 Å². The molecule has 130 valence electrons. The van der Waals surface area contributed by atoms with Crippen molar-refractivity contribution >= 4 is 48.7 Å². The van der Waals surface area contributed by atoms with Gasteiger partial charge in [-0.25, -0.2) is 22.2 Å². The number of fused-ring (bicyclic) bond motifs is 1. The smallest absolute Gasteiger partial charge is 0.320 e. The molecule has 3 aromatic rings. The number of pyridine rings is 1. The maximum Gasteiger partial charge on any atom is 0.320 e. The Balaban J connectivity index is 2.11. The zero-order valence-electron chi connectivity index (χ0n) is 13.4. The van der Waals surface area contributed by atoms with Gasteiger partial charge in [-0.2, -0.15) is 0 Å². The Kier molecular flexibility index (Phi) is 4.53. The quantitative estimate of drug-likeness (QED) is 0.677. The normalized spacial score (nSPS) is 11.5. The van der Waals surface area contributed by atoms with E-state index in [9.17, 15) is 13.2 Å². The number of anilines is 1. The van der Waals surface area contributed by atoms with Gasteiger partial charge in [-0.05, 0) is 41.1 Å². The summed E-state index contributed by atoms with van der Waals surface area (Å²) in [6, 6.07) is 7.83. The van der Waals surface area contributed by atoms with Crippen molar-refractivity contribution in [2.75, 3.05) is 12.4 Å². The van der Waals surface area contributed by atoms with Crippen molar-refractivity contribution in [3.05, 3.63) is 52.8 Å². The first-order valence-electron chi connectivity index (χ1n) is 7.30. The lowest BCUT2D eigenvalue weighted by atomic mass is 10.2. The number of nitrogens with one attached hydrogen (secondary N) is 2. The van der Waals surface area contributed by atoms with Gasteiger partial charge in [0.15, 0.2) is 0 Å². The Bertz CT molecular complexity index is 1060. The molecule has 3 rings (SSSR count). The molecule has 0 unspecified atom stereocenters. The molecule has 0 aliphatic carbocycles. The van der Waals surface area contributed by atoms with Crippen molar-refractivity contribution in [2.24, 2.45) is 0 Å². The summed E-state index contributed by atoms with van der Waals surface area (Å²) in [5, 5.41) is 5.61. The number of nitrogens with zero attached hydrogens (tertiary/aromatic N) is 2. The molecule has 0 atom stereocenters. The van der Waals surface area contributed by atoms with Crippen molar-refractivity contribution in [2.45, 2.75) is 11.8 Å². The Hall–Kier alpha value is -2.39. The fraction of sp³-hybridized carbons (Fsp3) is 0.125. The van der Waals surface area contributed by atoms with Crippen LogP contribution in [0.4, 0.5) is 10.6 Å². The molecule has 2 aromatic heterocycles. The fourth-order valence-electron chi connectivity index (χ4n) is 2.33. The Morgan fingerprint density at radius 3 is 2.56 bits per heavy atom. The molecule has 0 radical (unpaired) electrons. The van der Waals surface area contributed by atoms with Gasteiger partial charge in [-0.15, -0.1) is 0 Å². The number of hydrogen-bond acceptors (Lipinski definition) is 4. The Morgan fingerprint density at radius 1 is 1.24 bits per heavy atom. The largest absolute Gasteiger partial charge is 0.341 e. The highest BCUT2D eigenvalue weighted by molar-refractivity contribution is 9.10.